The van der Waals surface area contributed by atoms with Crippen LogP contribution in [0.2, 0.25) is 0 Å². The molecule has 2 heterocycles. The van der Waals surface area contributed by atoms with Gasteiger partial charge in [-0.2, -0.15) is 0 Å². The van der Waals surface area contributed by atoms with Crippen LogP contribution in [-0.2, 0) is 11.3 Å². The Morgan fingerprint density at radius 3 is 2.84 bits per heavy atom. The molecule has 1 atom stereocenters. The highest BCUT2D eigenvalue weighted by molar-refractivity contribution is 7.99. The van der Waals surface area contributed by atoms with Crippen molar-refractivity contribution in [2.75, 3.05) is 20.0 Å². The molecule has 9 heteroatoms. The standard InChI is InChI=1S/C23H24FN3O4S/c1-30-19-11-15-18(12-20(19)31-2)25-13-27(23(15)29)9-4-7-21(28)26-17-8-10-32-22-14(17)5-3-6-16(22)24/h3,5-6,11-13,17H,4,7-10H2,1-2H3,(H,26,28)/t17-/m0/s1. The molecule has 0 spiro atoms. The van der Waals surface area contributed by atoms with Crippen LogP contribution in [0.15, 0.2) is 46.3 Å². The van der Waals surface area contributed by atoms with E-state index < -0.39 is 0 Å². The van der Waals surface area contributed by atoms with Crippen LogP contribution in [0.25, 0.3) is 10.9 Å². The third kappa shape index (κ3) is 4.43. The van der Waals surface area contributed by atoms with E-state index in [0.29, 0.717) is 40.3 Å². The monoisotopic (exact) mass is 457 g/mol. The lowest BCUT2D eigenvalue weighted by Gasteiger charge is -2.26. The van der Waals surface area contributed by atoms with Crippen LogP contribution >= 0.6 is 11.8 Å². The number of carbonyl (C=O) groups excluding carboxylic acids is 1. The van der Waals surface area contributed by atoms with Crippen molar-refractivity contribution in [1.82, 2.24) is 14.9 Å². The van der Waals surface area contributed by atoms with Crippen molar-refractivity contribution in [2.24, 2.45) is 0 Å². The van der Waals surface area contributed by atoms with Gasteiger partial charge in [0.2, 0.25) is 5.91 Å². The van der Waals surface area contributed by atoms with Gasteiger partial charge >= 0.3 is 0 Å². The van der Waals surface area contributed by atoms with Gasteiger partial charge < -0.3 is 14.8 Å². The number of aromatic nitrogens is 2. The van der Waals surface area contributed by atoms with Gasteiger partial charge in [0.15, 0.2) is 11.5 Å². The van der Waals surface area contributed by atoms with Gasteiger partial charge in [-0.15, -0.1) is 11.8 Å². The summed E-state index contributed by atoms with van der Waals surface area (Å²) in [5.74, 6) is 1.35. The second-order valence-corrected chi connectivity index (χ2v) is 8.59. The number of fused-ring (bicyclic) bond motifs is 2. The summed E-state index contributed by atoms with van der Waals surface area (Å²) in [6.07, 6.45) is 2.96. The molecule has 0 unspecified atom stereocenters. The quantitative estimate of drug-likeness (QED) is 0.583. The second-order valence-electron chi connectivity index (χ2n) is 7.49. The number of aryl methyl sites for hydroxylation is 1. The molecule has 0 bridgehead atoms. The Kier molecular flexibility index (Phi) is 6.64. The molecule has 0 saturated heterocycles. The van der Waals surface area contributed by atoms with Crippen LogP contribution in [-0.4, -0.2) is 35.4 Å². The average molecular weight is 458 g/mol. The highest BCUT2D eigenvalue weighted by atomic mass is 32.2. The van der Waals surface area contributed by atoms with E-state index in [2.05, 4.69) is 10.3 Å². The summed E-state index contributed by atoms with van der Waals surface area (Å²) < 4.78 is 26.0. The van der Waals surface area contributed by atoms with E-state index in [1.807, 2.05) is 6.07 Å². The van der Waals surface area contributed by atoms with Crippen LogP contribution in [0.3, 0.4) is 0 Å². The Hall–Kier alpha value is -3.07. The van der Waals surface area contributed by atoms with Gasteiger partial charge in [-0.05, 0) is 30.5 Å². The first-order valence-electron chi connectivity index (χ1n) is 10.3. The van der Waals surface area contributed by atoms with E-state index in [-0.39, 0.29) is 29.7 Å². The molecule has 0 aliphatic carbocycles. The molecule has 1 amide bonds. The van der Waals surface area contributed by atoms with E-state index in [9.17, 15) is 14.0 Å². The molecule has 7 nitrogen and oxygen atoms in total. The molecule has 3 aromatic rings. The maximum atomic E-state index is 14.0. The van der Waals surface area contributed by atoms with Crippen molar-refractivity contribution in [2.45, 2.75) is 36.7 Å². The van der Waals surface area contributed by atoms with E-state index in [4.69, 9.17) is 9.47 Å². The summed E-state index contributed by atoms with van der Waals surface area (Å²) in [5.41, 5.74) is 1.14. The summed E-state index contributed by atoms with van der Waals surface area (Å²) in [6, 6.07) is 8.06. The van der Waals surface area contributed by atoms with E-state index in [1.54, 1.807) is 18.2 Å². The third-order valence-corrected chi connectivity index (χ3v) is 6.65. The number of thioether (sulfide) groups is 1. The number of halogens is 1. The van der Waals surface area contributed by atoms with E-state index in [1.165, 1.54) is 42.9 Å². The van der Waals surface area contributed by atoms with Crippen LogP contribution < -0.4 is 20.3 Å². The number of nitrogens with one attached hydrogen (secondary N) is 1. The molecule has 1 aliphatic heterocycles. The number of carbonyl (C=O) groups is 1. The number of hydrogen-bond donors (Lipinski definition) is 1. The van der Waals surface area contributed by atoms with Crippen molar-refractivity contribution < 1.29 is 18.7 Å². The lowest BCUT2D eigenvalue weighted by Crippen LogP contribution is -2.31. The maximum Gasteiger partial charge on any atom is 0.261 e. The summed E-state index contributed by atoms with van der Waals surface area (Å²) in [6.45, 7) is 0.356. The van der Waals surface area contributed by atoms with Crippen LogP contribution in [0.4, 0.5) is 4.39 Å². The highest BCUT2D eigenvalue weighted by Gasteiger charge is 2.24. The van der Waals surface area contributed by atoms with Gasteiger partial charge in [0.1, 0.15) is 5.82 Å². The first-order chi connectivity index (χ1) is 15.5. The molecule has 168 valence electrons. The molecule has 4 rings (SSSR count). The van der Waals surface area contributed by atoms with Crippen LogP contribution in [0.1, 0.15) is 30.9 Å². The number of hydrogen-bond acceptors (Lipinski definition) is 6. The minimum atomic E-state index is -0.246. The first-order valence-corrected chi connectivity index (χ1v) is 11.3. The number of benzene rings is 2. The Bertz CT molecular complexity index is 1210. The van der Waals surface area contributed by atoms with Crippen molar-refractivity contribution in [1.29, 1.82) is 0 Å². The van der Waals surface area contributed by atoms with Crippen molar-refractivity contribution >= 4 is 28.6 Å². The first kappa shape index (κ1) is 22.1. The smallest absolute Gasteiger partial charge is 0.261 e. The fourth-order valence-corrected chi connectivity index (χ4v) is 5.00. The van der Waals surface area contributed by atoms with Crippen molar-refractivity contribution in [3.63, 3.8) is 0 Å². The summed E-state index contributed by atoms with van der Waals surface area (Å²) in [5, 5.41) is 3.43. The topological polar surface area (TPSA) is 82.5 Å². The number of rotatable bonds is 7. The number of amides is 1. The van der Waals surface area contributed by atoms with Crippen molar-refractivity contribution in [3.8, 4) is 11.5 Å². The molecule has 32 heavy (non-hydrogen) atoms. The zero-order chi connectivity index (χ0) is 22.7. The van der Waals surface area contributed by atoms with Gasteiger partial charge in [0.05, 0.1) is 37.5 Å². The minimum absolute atomic E-state index is 0.120. The normalized spacial score (nSPS) is 15.3. The number of nitrogens with zero attached hydrogens (tertiary/aromatic N) is 2. The second kappa shape index (κ2) is 9.60. The summed E-state index contributed by atoms with van der Waals surface area (Å²) in [7, 11) is 3.03. The van der Waals surface area contributed by atoms with Crippen LogP contribution in [0.5, 0.6) is 11.5 Å². The maximum absolute atomic E-state index is 14.0. The number of ether oxygens (including phenoxy) is 2. The molecule has 1 aliphatic rings. The molecule has 1 aromatic heterocycles. The predicted octanol–water partition coefficient (Wildman–Crippen LogP) is 3.69. The van der Waals surface area contributed by atoms with Crippen molar-refractivity contribution in [3.05, 3.63) is 58.4 Å². The molecular formula is C23H24FN3O4S. The minimum Gasteiger partial charge on any atom is -0.493 e. The molecule has 0 radical (unpaired) electrons. The lowest BCUT2D eigenvalue weighted by molar-refractivity contribution is -0.122. The summed E-state index contributed by atoms with van der Waals surface area (Å²) >= 11 is 1.48. The highest BCUT2D eigenvalue weighted by Crippen LogP contribution is 2.37. The van der Waals surface area contributed by atoms with Gasteiger partial charge in [-0.25, -0.2) is 9.37 Å². The third-order valence-electron chi connectivity index (χ3n) is 5.49. The fourth-order valence-electron chi connectivity index (χ4n) is 3.86. The molecule has 0 fully saturated rings. The Balaban J connectivity index is 1.41. The summed E-state index contributed by atoms with van der Waals surface area (Å²) in [4.78, 5) is 30.3. The average Bonchev–Trinajstić information content (AvgIpc) is 2.80. The Morgan fingerprint density at radius 2 is 2.06 bits per heavy atom. The Morgan fingerprint density at radius 1 is 1.28 bits per heavy atom. The molecule has 1 N–H and O–H groups in total. The molecule has 0 saturated carbocycles. The van der Waals surface area contributed by atoms with Gasteiger partial charge in [-0.1, -0.05) is 12.1 Å². The van der Waals surface area contributed by atoms with E-state index in [0.717, 1.165) is 17.7 Å². The molecular weight excluding hydrogens is 433 g/mol. The predicted molar refractivity (Wildman–Crippen MR) is 121 cm³/mol. The number of methoxy groups -OCH3 is 2. The van der Waals surface area contributed by atoms with Gasteiger partial charge in [0.25, 0.3) is 5.56 Å². The zero-order valence-electron chi connectivity index (χ0n) is 17.9. The van der Waals surface area contributed by atoms with E-state index >= 15 is 0 Å². The Labute approximate surface area is 188 Å². The van der Waals surface area contributed by atoms with Gasteiger partial charge in [0, 0.05) is 29.7 Å². The fraction of sp³-hybridized carbons (Fsp3) is 0.348. The lowest BCUT2D eigenvalue weighted by atomic mass is 10.0. The molecule has 2 aromatic carbocycles. The van der Waals surface area contributed by atoms with Crippen LogP contribution in [0, 0.1) is 5.82 Å². The largest absolute Gasteiger partial charge is 0.493 e. The SMILES string of the molecule is COc1cc2ncn(CCCC(=O)N[C@H]3CCSc4c(F)cccc43)c(=O)c2cc1OC. The zero-order valence-corrected chi connectivity index (χ0v) is 18.7. The van der Waals surface area contributed by atoms with Gasteiger partial charge in [-0.3, -0.25) is 14.2 Å².